The predicted molar refractivity (Wildman–Crippen MR) is 138 cm³/mol. The Kier molecular flexibility index (Phi) is 6.93. The van der Waals surface area contributed by atoms with Crippen LogP contribution in [0.1, 0.15) is 71.7 Å². The Bertz CT molecular complexity index is 1390. The van der Waals surface area contributed by atoms with Gasteiger partial charge < -0.3 is 23.6 Å². The molecule has 1 aromatic carbocycles. The highest BCUT2D eigenvalue weighted by Crippen LogP contribution is 2.46. The maximum Gasteiger partial charge on any atom is 0.573 e. The highest BCUT2D eigenvalue weighted by molar-refractivity contribution is 5.90. The van der Waals surface area contributed by atoms with Crippen LogP contribution in [0.15, 0.2) is 41.1 Å². The SMILES string of the molecule is COC(=O)c1cnc(N2[C@@H]3CC[C@H]2CC(OCc2c(-c4ccccc4OC(F)(F)F)noc2C2CC2)C3)cc1C. The van der Waals surface area contributed by atoms with Crippen molar-refractivity contribution in [3.8, 4) is 17.0 Å². The number of rotatable bonds is 8. The molecular formula is C29H30F3N3O5. The van der Waals surface area contributed by atoms with Crippen LogP contribution in [0.2, 0.25) is 0 Å². The number of esters is 1. The molecule has 0 N–H and O–H groups in total. The maximum atomic E-state index is 13.1. The first-order valence-corrected chi connectivity index (χ1v) is 13.5. The number of ether oxygens (including phenoxy) is 3. The highest BCUT2D eigenvalue weighted by Gasteiger charge is 2.42. The van der Waals surface area contributed by atoms with Gasteiger partial charge in [-0.15, -0.1) is 13.2 Å². The van der Waals surface area contributed by atoms with Crippen LogP contribution in [-0.4, -0.2) is 47.8 Å². The van der Waals surface area contributed by atoms with Gasteiger partial charge in [0, 0.05) is 35.3 Å². The Balaban J connectivity index is 1.19. The van der Waals surface area contributed by atoms with E-state index in [4.69, 9.17) is 14.0 Å². The summed E-state index contributed by atoms with van der Waals surface area (Å²) in [7, 11) is 1.35. The molecule has 0 radical (unpaired) electrons. The minimum atomic E-state index is -4.82. The number of carbonyl (C=O) groups is 1. The first-order chi connectivity index (χ1) is 19.2. The lowest BCUT2D eigenvalue weighted by Crippen LogP contribution is -2.46. The molecule has 2 bridgehead atoms. The minimum Gasteiger partial charge on any atom is -0.465 e. The molecule has 6 rings (SSSR count). The van der Waals surface area contributed by atoms with E-state index in [0.717, 1.165) is 49.9 Å². The topological polar surface area (TPSA) is 86.9 Å². The normalized spacial score (nSPS) is 22.4. The smallest absolute Gasteiger partial charge is 0.465 e. The molecule has 1 aliphatic carbocycles. The molecule has 4 heterocycles. The van der Waals surface area contributed by atoms with Crippen LogP contribution >= 0.6 is 0 Å². The number of nitrogens with zero attached hydrogens (tertiary/aromatic N) is 3. The molecule has 3 aromatic rings. The molecular weight excluding hydrogens is 527 g/mol. The summed E-state index contributed by atoms with van der Waals surface area (Å²) >= 11 is 0. The van der Waals surface area contributed by atoms with Crippen molar-refractivity contribution in [2.75, 3.05) is 12.0 Å². The largest absolute Gasteiger partial charge is 0.573 e. The molecule has 3 atom stereocenters. The van der Waals surface area contributed by atoms with Gasteiger partial charge in [0.2, 0.25) is 0 Å². The molecule has 2 aromatic heterocycles. The molecule has 1 saturated carbocycles. The Labute approximate surface area is 229 Å². The number of hydrogen-bond acceptors (Lipinski definition) is 8. The molecule has 2 saturated heterocycles. The Hall–Kier alpha value is -3.60. The molecule has 1 unspecified atom stereocenters. The van der Waals surface area contributed by atoms with Gasteiger partial charge in [-0.25, -0.2) is 9.78 Å². The molecule has 3 fully saturated rings. The second-order valence-corrected chi connectivity index (χ2v) is 10.7. The first kappa shape index (κ1) is 26.6. The van der Waals surface area contributed by atoms with Gasteiger partial charge in [-0.3, -0.25) is 0 Å². The number of alkyl halides is 3. The zero-order valence-corrected chi connectivity index (χ0v) is 22.2. The van der Waals surface area contributed by atoms with Crippen molar-refractivity contribution in [3.05, 3.63) is 59.0 Å². The zero-order chi connectivity index (χ0) is 28.0. The van der Waals surface area contributed by atoms with Crippen LogP contribution in [0.25, 0.3) is 11.3 Å². The number of hydrogen-bond donors (Lipinski definition) is 0. The number of anilines is 1. The van der Waals surface area contributed by atoms with Crippen molar-refractivity contribution < 1.29 is 36.7 Å². The van der Waals surface area contributed by atoms with Gasteiger partial charge >= 0.3 is 12.3 Å². The number of para-hydroxylation sites is 1. The number of pyridine rings is 1. The minimum absolute atomic E-state index is 0.0272. The van der Waals surface area contributed by atoms with Gasteiger partial charge in [0.1, 0.15) is 23.0 Å². The van der Waals surface area contributed by atoms with Gasteiger partial charge in [0.15, 0.2) is 0 Å². The van der Waals surface area contributed by atoms with Crippen molar-refractivity contribution >= 4 is 11.8 Å². The molecule has 40 heavy (non-hydrogen) atoms. The molecule has 0 amide bonds. The molecule has 212 valence electrons. The fourth-order valence-electron chi connectivity index (χ4n) is 6.06. The van der Waals surface area contributed by atoms with Crippen molar-refractivity contribution in [1.29, 1.82) is 0 Å². The number of fused-ring (bicyclic) bond motifs is 2. The van der Waals surface area contributed by atoms with E-state index in [-0.39, 0.29) is 42.0 Å². The summed E-state index contributed by atoms with van der Waals surface area (Å²) in [4.78, 5) is 18.9. The van der Waals surface area contributed by atoms with Crippen LogP contribution in [0, 0.1) is 6.92 Å². The van der Waals surface area contributed by atoms with E-state index in [1.54, 1.807) is 18.3 Å². The molecule has 0 spiro atoms. The summed E-state index contributed by atoms with van der Waals surface area (Å²) in [6, 6.07) is 8.39. The lowest BCUT2D eigenvalue weighted by Gasteiger charge is -2.39. The summed E-state index contributed by atoms with van der Waals surface area (Å²) < 4.78 is 60.5. The molecule has 8 nitrogen and oxygen atoms in total. The third-order valence-electron chi connectivity index (χ3n) is 8.05. The van der Waals surface area contributed by atoms with E-state index < -0.39 is 12.3 Å². The summed E-state index contributed by atoms with van der Waals surface area (Å²) in [5.74, 6) is 1.00. The third kappa shape index (κ3) is 5.26. The van der Waals surface area contributed by atoms with Crippen LogP contribution < -0.4 is 9.64 Å². The Morgan fingerprint density at radius 3 is 2.50 bits per heavy atom. The monoisotopic (exact) mass is 557 g/mol. The van der Waals surface area contributed by atoms with Crippen molar-refractivity contribution in [2.24, 2.45) is 0 Å². The fraction of sp³-hybridized carbons (Fsp3) is 0.483. The highest BCUT2D eigenvalue weighted by atomic mass is 19.4. The number of benzene rings is 1. The average molecular weight is 558 g/mol. The summed E-state index contributed by atoms with van der Waals surface area (Å²) in [5.41, 5.74) is 2.51. The quantitative estimate of drug-likeness (QED) is 0.297. The zero-order valence-electron chi connectivity index (χ0n) is 22.2. The number of halogens is 3. The van der Waals surface area contributed by atoms with Crippen molar-refractivity contribution in [1.82, 2.24) is 10.1 Å². The summed E-state index contributed by atoms with van der Waals surface area (Å²) in [6.07, 6.45) is 2.24. The van der Waals surface area contributed by atoms with Crippen LogP contribution in [-0.2, 0) is 16.1 Å². The molecule has 11 heteroatoms. The maximum absolute atomic E-state index is 13.1. The van der Waals surface area contributed by atoms with Gasteiger partial charge in [-0.1, -0.05) is 17.3 Å². The summed E-state index contributed by atoms with van der Waals surface area (Å²) in [6.45, 7) is 2.07. The van der Waals surface area contributed by atoms with Crippen LogP contribution in [0.4, 0.5) is 19.0 Å². The van der Waals surface area contributed by atoms with Crippen LogP contribution in [0.5, 0.6) is 5.75 Å². The Morgan fingerprint density at radius 2 is 1.85 bits per heavy atom. The number of aromatic nitrogens is 2. The molecule has 2 aliphatic heterocycles. The van der Waals surface area contributed by atoms with E-state index in [9.17, 15) is 18.0 Å². The third-order valence-corrected chi connectivity index (χ3v) is 8.05. The van der Waals surface area contributed by atoms with E-state index in [1.807, 2.05) is 13.0 Å². The van der Waals surface area contributed by atoms with E-state index in [2.05, 4.69) is 19.8 Å². The number of piperidine rings is 1. The first-order valence-electron chi connectivity index (χ1n) is 13.5. The van der Waals surface area contributed by atoms with Gasteiger partial charge in [0.05, 0.1) is 25.4 Å². The van der Waals surface area contributed by atoms with Gasteiger partial charge in [0.25, 0.3) is 0 Å². The summed E-state index contributed by atoms with van der Waals surface area (Å²) in [5, 5.41) is 4.18. The van der Waals surface area contributed by atoms with E-state index in [1.165, 1.54) is 19.2 Å². The number of aryl methyl sites for hydroxylation is 1. The lowest BCUT2D eigenvalue weighted by atomic mass is 9.98. The molecule has 3 aliphatic rings. The van der Waals surface area contributed by atoms with Crippen molar-refractivity contribution in [3.63, 3.8) is 0 Å². The lowest BCUT2D eigenvalue weighted by molar-refractivity contribution is -0.274. The van der Waals surface area contributed by atoms with Gasteiger partial charge in [-0.05, 0) is 69.2 Å². The second-order valence-electron chi connectivity index (χ2n) is 10.7. The number of methoxy groups -OCH3 is 1. The average Bonchev–Trinajstić information content (AvgIpc) is 3.62. The second kappa shape index (κ2) is 10.4. The standard InChI is InChI=1S/C29H30F3N3O5/c1-16-11-25(33-14-22(16)28(36)37-2)35-18-9-10-19(35)13-20(12-18)38-15-23-26(34-40-27(23)17-7-8-17)21-5-3-4-6-24(21)39-29(30,31)32/h3-6,11,14,17-20H,7-10,12-13,15H2,1-2H3/t18-,19+,20?. The number of carbonyl (C=O) groups excluding carboxylic acids is 1. The van der Waals surface area contributed by atoms with Crippen LogP contribution in [0.3, 0.4) is 0 Å². The van der Waals surface area contributed by atoms with E-state index in [0.29, 0.717) is 22.6 Å². The Morgan fingerprint density at radius 1 is 1.12 bits per heavy atom. The van der Waals surface area contributed by atoms with E-state index >= 15 is 0 Å². The fourth-order valence-corrected chi connectivity index (χ4v) is 6.06. The van der Waals surface area contributed by atoms with Gasteiger partial charge in [-0.2, -0.15) is 0 Å². The van der Waals surface area contributed by atoms with Crippen molar-refractivity contribution in [2.45, 2.75) is 82.5 Å². The predicted octanol–water partition coefficient (Wildman–Crippen LogP) is 6.32.